The first kappa shape index (κ1) is 9.54. The van der Waals surface area contributed by atoms with Gasteiger partial charge < -0.3 is 10.2 Å². The average Bonchev–Trinajstić information content (AvgIpc) is 2.39. The highest BCUT2D eigenvalue weighted by molar-refractivity contribution is 5.90. The summed E-state index contributed by atoms with van der Waals surface area (Å²) in [6.45, 7) is 4.18. The van der Waals surface area contributed by atoms with Gasteiger partial charge in [0.2, 0.25) is 0 Å². The minimum absolute atomic E-state index is 1.04. The molecule has 0 amide bonds. The van der Waals surface area contributed by atoms with E-state index in [1.54, 1.807) is 6.33 Å². The van der Waals surface area contributed by atoms with Gasteiger partial charge in [-0.15, -0.1) is 0 Å². The standard InChI is InChI=1S/C12H14N4/c1-2-10-8-14-9-15-12(10)11(3-1)16-6-4-13-5-7-16/h1-3,8-9,13H,4-7H2. The van der Waals surface area contributed by atoms with Crippen molar-refractivity contribution in [3.8, 4) is 0 Å². The summed E-state index contributed by atoms with van der Waals surface area (Å²) < 4.78 is 0. The van der Waals surface area contributed by atoms with E-state index >= 15 is 0 Å². The molecule has 1 aliphatic rings. The Kier molecular flexibility index (Phi) is 2.42. The van der Waals surface area contributed by atoms with Gasteiger partial charge in [-0.3, -0.25) is 0 Å². The van der Waals surface area contributed by atoms with Gasteiger partial charge in [0, 0.05) is 37.8 Å². The fraction of sp³-hybridized carbons (Fsp3) is 0.333. The molecule has 1 fully saturated rings. The van der Waals surface area contributed by atoms with Crippen molar-refractivity contribution in [1.29, 1.82) is 0 Å². The predicted molar refractivity (Wildman–Crippen MR) is 64.6 cm³/mol. The second-order valence-corrected chi connectivity index (χ2v) is 3.97. The van der Waals surface area contributed by atoms with Gasteiger partial charge >= 0.3 is 0 Å². The summed E-state index contributed by atoms with van der Waals surface area (Å²) in [4.78, 5) is 10.8. The van der Waals surface area contributed by atoms with Gasteiger partial charge in [-0.1, -0.05) is 12.1 Å². The molecule has 2 heterocycles. The maximum Gasteiger partial charge on any atom is 0.116 e. The third kappa shape index (κ3) is 1.61. The highest BCUT2D eigenvalue weighted by Crippen LogP contribution is 2.24. The normalized spacial score (nSPS) is 16.6. The molecule has 16 heavy (non-hydrogen) atoms. The number of benzene rings is 1. The summed E-state index contributed by atoms with van der Waals surface area (Å²) in [6, 6.07) is 6.27. The van der Waals surface area contributed by atoms with Gasteiger partial charge in [-0.25, -0.2) is 9.97 Å². The molecule has 2 aromatic rings. The van der Waals surface area contributed by atoms with E-state index in [1.807, 2.05) is 6.20 Å². The van der Waals surface area contributed by atoms with Crippen molar-refractivity contribution in [3.05, 3.63) is 30.7 Å². The second-order valence-electron chi connectivity index (χ2n) is 3.97. The van der Waals surface area contributed by atoms with E-state index in [-0.39, 0.29) is 0 Å². The van der Waals surface area contributed by atoms with Crippen molar-refractivity contribution >= 4 is 16.6 Å². The van der Waals surface area contributed by atoms with Gasteiger partial charge in [0.1, 0.15) is 6.33 Å². The molecule has 0 aliphatic carbocycles. The van der Waals surface area contributed by atoms with Crippen molar-refractivity contribution in [2.75, 3.05) is 31.1 Å². The monoisotopic (exact) mass is 214 g/mol. The van der Waals surface area contributed by atoms with Gasteiger partial charge in [-0.05, 0) is 6.07 Å². The van der Waals surface area contributed by atoms with E-state index in [4.69, 9.17) is 0 Å². The van der Waals surface area contributed by atoms with Crippen LogP contribution >= 0.6 is 0 Å². The number of para-hydroxylation sites is 1. The smallest absolute Gasteiger partial charge is 0.116 e. The Bertz CT molecular complexity index is 486. The van der Waals surface area contributed by atoms with Crippen molar-refractivity contribution in [1.82, 2.24) is 15.3 Å². The minimum atomic E-state index is 1.04. The fourth-order valence-electron chi connectivity index (χ4n) is 2.16. The molecule has 1 aromatic carbocycles. The van der Waals surface area contributed by atoms with Gasteiger partial charge in [0.05, 0.1) is 11.2 Å². The van der Waals surface area contributed by atoms with Gasteiger partial charge in [0.15, 0.2) is 0 Å². The molecule has 1 N–H and O–H groups in total. The Balaban J connectivity index is 2.08. The van der Waals surface area contributed by atoms with E-state index in [9.17, 15) is 0 Å². The molecule has 4 nitrogen and oxygen atoms in total. The van der Waals surface area contributed by atoms with Crippen LogP contribution in [0.5, 0.6) is 0 Å². The van der Waals surface area contributed by atoms with Crippen molar-refractivity contribution in [2.45, 2.75) is 0 Å². The molecule has 82 valence electrons. The number of nitrogens with zero attached hydrogens (tertiary/aromatic N) is 3. The summed E-state index contributed by atoms with van der Waals surface area (Å²) in [6.07, 6.45) is 3.49. The molecule has 3 rings (SSSR count). The number of hydrogen-bond acceptors (Lipinski definition) is 4. The maximum absolute atomic E-state index is 4.38. The number of piperazine rings is 1. The quantitative estimate of drug-likeness (QED) is 0.770. The van der Waals surface area contributed by atoms with E-state index in [0.717, 1.165) is 37.1 Å². The highest BCUT2D eigenvalue weighted by Gasteiger charge is 2.13. The largest absolute Gasteiger partial charge is 0.367 e. The Labute approximate surface area is 94.3 Å². The SMILES string of the molecule is c1cc(N2CCNCC2)c2ncncc2c1. The molecule has 1 saturated heterocycles. The van der Waals surface area contributed by atoms with Crippen LogP contribution < -0.4 is 10.2 Å². The predicted octanol–water partition coefficient (Wildman–Crippen LogP) is 1.04. The van der Waals surface area contributed by atoms with Crippen molar-refractivity contribution < 1.29 is 0 Å². The third-order valence-corrected chi connectivity index (χ3v) is 2.97. The zero-order valence-corrected chi connectivity index (χ0v) is 9.06. The van der Waals surface area contributed by atoms with Crippen LogP contribution in [-0.4, -0.2) is 36.1 Å². The van der Waals surface area contributed by atoms with Crippen LogP contribution in [0.25, 0.3) is 10.9 Å². The first-order valence-electron chi connectivity index (χ1n) is 5.59. The Morgan fingerprint density at radius 3 is 2.94 bits per heavy atom. The highest BCUT2D eigenvalue weighted by atomic mass is 15.2. The Morgan fingerprint density at radius 2 is 2.06 bits per heavy atom. The molecular formula is C12H14N4. The first-order chi connectivity index (χ1) is 7.95. The van der Waals surface area contributed by atoms with Crippen LogP contribution in [0.1, 0.15) is 0 Å². The lowest BCUT2D eigenvalue weighted by molar-refractivity contribution is 0.590. The molecule has 0 atom stereocenters. The van der Waals surface area contributed by atoms with Crippen LogP contribution in [0.15, 0.2) is 30.7 Å². The molecule has 0 spiro atoms. The van der Waals surface area contributed by atoms with Gasteiger partial charge in [-0.2, -0.15) is 0 Å². The summed E-state index contributed by atoms with van der Waals surface area (Å²) in [5.74, 6) is 0. The zero-order valence-electron chi connectivity index (χ0n) is 9.06. The lowest BCUT2D eigenvalue weighted by atomic mass is 10.2. The fourth-order valence-corrected chi connectivity index (χ4v) is 2.16. The summed E-state index contributed by atoms with van der Waals surface area (Å²) in [5, 5.41) is 4.47. The van der Waals surface area contributed by atoms with Crippen molar-refractivity contribution in [3.63, 3.8) is 0 Å². The molecule has 0 bridgehead atoms. The zero-order chi connectivity index (χ0) is 10.8. The van der Waals surface area contributed by atoms with Crippen LogP contribution in [0, 0.1) is 0 Å². The third-order valence-electron chi connectivity index (χ3n) is 2.97. The molecule has 1 aromatic heterocycles. The molecule has 0 radical (unpaired) electrons. The lowest BCUT2D eigenvalue weighted by Crippen LogP contribution is -2.43. The van der Waals surface area contributed by atoms with Crippen LogP contribution in [-0.2, 0) is 0 Å². The number of aromatic nitrogens is 2. The van der Waals surface area contributed by atoms with E-state index in [2.05, 4.69) is 38.4 Å². The summed E-state index contributed by atoms with van der Waals surface area (Å²) >= 11 is 0. The van der Waals surface area contributed by atoms with Crippen molar-refractivity contribution in [2.24, 2.45) is 0 Å². The van der Waals surface area contributed by atoms with Gasteiger partial charge in [0.25, 0.3) is 0 Å². The molecule has 0 unspecified atom stereocenters. The Morgan fingerprint density at radius 1 is 1.19 bits per heavy atom. The van der Waals surface area contributed by atoms with Crippen LogP contribution in [0.4, 0.5) is 5.69 Å². The van der Waals surface area contributed by atoms with Crippen LogP contribution in [0.2, 0.25) is 0 Å². The number of hydrogen-bond donors (Lipinski definition) is 1. The molecular weight excluding hydrogens is 200 g/mol. The summed E-state index contributed by atoms with van der Waals surface area (Å²) in [7, 11) is 0. The topological polar surface area (TPSA) is 41.0 Å². The Hall–Kier alpha value is -1.68. The number of anilines is 1. The average molecular weight is 214 g/mol. The molecule has 1 aliphatic heterocycles. The number of fused-ring (bicyclic) bond motifs is 1. The molecule has 0 saturated carbocycles. The van der Waals surface area contributed by atoms with E-state index in [1.165, 1.54) is 5.69 Å². The minimum Gasteiger partial charge on any atom is -0.367 e. The summed E-state index contributed by atoms with van der Waals surface area (Å²) in [5.41, 5.74) is 2.28. The molecule has 4 heteroatoms. The van der Waals surface area contributed by atoms with E-state index < -0.39 is 0 Å². The first-order valence-corrected chi connectivity index (χ1v) is 5.59. The van der Waals surface area contributed by atoms with E-state index in [0.29, 0.717) is 0 Å². The maximum atomic E-state index is 4.38. The van der Waals surface area contributed by atoms with Crippen LogP contribution in [0.3, 0.4) is 0 Å². The number of rotatable bonds is 1. The number of nitrogens with one attached hydrogen (secondary N) is 1. The second kappa shape index (κ2) is 4.06. The lowest BCUT2D eigenvalue weighted by Gasteiger charge is -2.29.